The van der Waals surface area contributed by atoms with Crippen LogP contribution >= 0.6 is 0 Å². The van der Waals surface area contributed by atoms with Crippen molar-refractivity contribution >= 4 is 29.1 Å². The highest BCUT2D eigenvalue weighted by Gasteiger charge is 2.34. The first-order valence-corrected chi connectivity index (χ1v) is 10.7. The second kappa shape index (κ2) is 8.79. The van der Waals surface area contributed by atoms with Gasteiger partial charge in [0.15, 0.2) is 6.10 Å². The fraction of sp³-hybridized carbons (Fsp3) is 0.375. The largest absolute Gasteiger partial charge is 0.479 e. The van der Waals surface area contributed by atoms with Gasteiger partial charge in [0.25, 0.3) is 11.8 Å². The van der Waals surface area contributed by atoms with Crippen molar-refractivity contribution in [3.05, 3.63) is 53.6 Å². The van der Waals surface area contributed by atoms with Crippen molar-refractivity contribution in [3.63, 3.8) is 0 Å². The van der Waals surface area contributed by atoms with Gasteiger partial charge in [0.1, 0.15) is 12.3 Å². The number of anilines is 2. The SMILES string of the molecule is Cc1ccc(C(=O)Nc2ccc3c(c2)N(CC(=O)N2CCCCC2)C(=O)C(C)O3)cc1. The average Bonchev–Trinajstić information content (AvgIpc) is 2.78. The van der Waals surface area contributed by atoms with Gasteiger partial charge in [-0.25, -0.2) is 0 Å². The highest BCUT2D eigenvalue weighted by molar-refractivity contribution is 6.07. The van der Waals surface area contributed by atoms with E-state index in [9.17, 15) is 14.4 Å². The summed E-state index contributed by atoms with van der Waals surface area (Å²) in [7, 11) is 0. The highest BCUT2D eigenvalue weighted by atomic mass is 16.5. The molecule has 0 saturated carbocycles. The van der Waals surface area contributed by atoms with Gasteiger partial charge >= 0.3 is 0 Å². The maximum absolute atomic E-state index is 12.8. The maximum atomic E-state index is 12.8. The first-order chi connectivity index (χ1) is 14.9. The summed E-state index contributed by atoms with van der Waals surface area (Å²) in [5.41, 5.74) is 2.64. The molecule has 7 nitrogen and oxygen atoms in total. The van der Waals surface area contributed by atoms with Crippen LogP contribution in [0.3, 0.4) is 0 Å². The molecule has 0 spiro atoms. The van der Waals surface area contributed by atoms with Crippen molar-refractivity contribution in [2.24, 2.45) is 0 Å². The molecule has 0 aliphatic carbocycles. The van der Waals surface area contributed by atoms with Gasteiger partial charge < -0.3 is 15.0 Å². The van der Waals surface area contributed by atoms with Gasteiger partial charge in [-0.05, 0) is 63.4 Å². The van der Waals surface area contributed by atoms with Crippen LogP contribution in [0.15, 0.2) is 42.5 Å². The molecule has 3 amide bonds. The van der Waals surface area contributed by atoms with E-state index in [1.165, 1.54) is 4.90 Å². The second-order valence-electron chi connectivity index (χ2n) is 8.13. The molecule has 2 aliphatic rings. The Hall–Kier alpha value is -3.35. The van der Waals surface area contributed by atoms with Crippen molar-refractivity contribution < 1.29 is 19.1 Å². The summed E-state index contributed by atoms with van der Waals surface area (Å²) in [6.07, 6.45) is 2.44. The number of carbonyl (C=O) groups excluding carboxylic acids is 3. The molecular weight excluding hydrogens is 394 g/mol. The number of amides is 3. The third-order valence-electron chi connectivity index (χ3n) is 5.74. The van der Waals surface area contributed by atoms with Gasteiger partial charge in [-0.15, -0.1) is 0 Å². The van der Waals surface area contributed by atoms with E-state index >= 15 is 0 Å². The normalized spacial score (nSPS) is 18.3. The minimum Gasteiger partial charge on any atom is -0.479 e. The first kappa shape index (κ1) is 20.9. The van der Waals surface area contributed by atoms with Gasteiger partial charge in [0.05, 0.1) is 5.69 Å². The molecule has 31 heavy (non-hydrogen) atoms. The maximum Gasteiger partial charge on any atom is 0.268 e. The van der Waals surface area contributed by atoms with Crippen LogP contribution in [0.2, 0.25) is 0 Å². The molecule has 2 aliphatic heterocycles. The Bertz CT molecular complexity index is 996. The zero-order valence-corrected chi connectivity index (χ0v) is 17.9. The number of rotatable bonds is 4. The molecule has 1 fully saturated rings. The molecule has 1 saturated heterocycles. The van der Waals surface area contributed by atoms with Crippen LogP contribution in [0, 0.1) is 6.92 Å². The number of nitrogens with zero attached hydrogens (tertiary/aromatic N) is 2. The number of carbonyl (C=O) groups is 3. The molecule has 2 heterocycles. The van der Waals surface area contributed by atoms with Gasteiger partial charge in [-0.3, -0.25) is 19.3 Å². The van der Waals surface area contributed by atoms with Crippen molar-refractivity contribution in [1.82, 2.24) is 4.90 Å². The second-order valence-corrected chi connectivity index (χ2v) is 8.13. The molecule has 0 radical (unpaired) electrons. The lowest BCUT2D eigenvalue weighted by atomic mass is 10.1. The zero-order chi connectivity index (χ0) is 22.0. The minimum atomic E-state index is -0.672. The number of likely N-dealkylation sites (tertiary alicyclic amines) is 1. The number of ether oxygens (including phenoxy) is 1. The van der Waals surface area contributed by atoms with Crippen LogP contribution < -0.4 is 15.0 Å². The molecule has 1 atom stereocenters. The summed E-state index contributed by atoms with van der Waals surface area (Å²) >= 11 is 0. The van der Waals surface area contributed by atoms with Crippen molar-refractivity contribution in [1.29, 1.82) is 0 Å². The molecule has 4 rings (SSSR count). The molecule has 1 N–H and O–H groups in total. The fourth-order valence-corrected chi connectivity index (χ4v) is 3.93. The molecule has 2 aromatic carbocycles. The van der Waals surface area contributed by atoms with E-state index in [-0.39, 0.29) is 24.3 Å². The number of hydrogen-bond donors (Lipinski definition) is 1. The standard InChI is InChI=1S/C24H27N3O4/c1-16-6-8-18(9-7-16)23(29)25-19-10-11-21-20(14-19)27(24(30)17(2)31-21)15-22(28)26-12-4-3-5-13-26/h6-11,14,17H,3-5,12-13,15H2,1-2H3,(H,25,29). The van der Waals surface area contributed by atoms with Crippen molar-refractivity contribution in [2.45, 2.75) is 39.2 Å². The highest BCUT2D eigenvalue weighted by Crippen LogP contribution is 2.36. The number of nitrogens with one attached hydrogen (secondary N) is 1. The first-order valence-electron chi connectivity index (χ1n) is 10.7. The molecular formula is C24H27N3O4. The van der Waals surface area contributed by atoms with E-state index in [0.717, 1.165) is 37.9 Å². The van der Waals surface area contributed by atoms with Gasteiger partial charge in [0.2, 0.25) is 5.91 Å². The number of benzene rings is 2. The van der Waals surface area contributed by atoms with Gasteiger partial charge in [-0.2, -0.15) is 0 Å². The number of piperidine rings is 1. The summed E-state index contributed by atoms with van der Waals surface area (Å²) in [6.45, 7) is 5.06. The predicted molar refractivity (Wildman–Crippen MR) is 118 cm³/mol. The predicted octanol–water partition coefficient (Wildman–Crippen LogP) is 3.37. The van der Waals surface area contributed by atoms with E-state index in [0.29, 0.717) is 22.7 Å². The Kier molecular flexibility index (Phi) is 5.93. The van der Waals surface area contributed by atoms with Crippen LogP contribution in [-0.4, -0.2) is 48.4 Å². The third kappa shape index (κ3) is 4.55. The van der Waals surface area contributed by atoms with E-state index in [1.54, 1.807) is 37.3 Å². The summed E-state index contributed by atoms with van der Waals surface area (Å²) in [5, 5.41) is 2.86. The minimum absolute atomic E-state index is 0.0328. The van der Waals surface area contributed by atoms with Crippen LogP contribution in [0.5, 0.6) is 5.75 Å². The molecule has 0 bridgehead atoms. The van der Waals surface area contributed by atoms with Crippen LogP contribution in [0.1, 0.15) is 42.1 Å². The molecule has 0 aromatic heterocycles. The Morgan fingerprint density at radius 1 is 1.06 bits per heavy atom. The Morgan fingerprint density at radius 3 is 2.48 bits per heavy atom. The van der Waals surface area contributed by atoms with Crippen molar-refractivity contribution in [2.75, 3.05) is 29.9 Å². The van der Waals surface area contributed by atoms with E-state index in [1.807, 2.05) is 24.0 Å². The Morgan fingerprint density at radius 2 is 1.77 bits per heavy atom. The van der Waals surface area contributed by atoms with E-state index < -0.39 is 6.10 Å². The van der Waals surface area contributed by atoms with E-state index in [4.69, 9.17) is 4.74 Å². The van der Waals surface area contributed by atoms with Crippen LogP contribution in [0.25, 0.3) is 0 Å². The number of fused-ring (bicyclic) bond motifs is 1. The molecule has 1 unspecified atom stereocenters. The fourth-order valence-electron chi connectivity index (χ4n) is 3.93. The lowest BCUT2D eigenvalue weighted by molar-refractivity contribution is -0.133. The average molecular weight is 421 g/mol. The third-order valence-corrected chi connectivity index (χ3v) is 5.74. The summed E-state index contributed by atoms with van der Waals surface area (Å²) in [6, 6.07) is 12.4. The van der Waals surface area contributed by atoms with Gasteiger partial charge in [0, 0.05) is 24.3 Å². The van der Waals surface area contributed by atoms with Gasteiger partial charge in [-0.1, -0.05) is 17.7 Å². The smallest absolute Gasteiger partial charge is 0.268 e. The molecule has 7 heteroatoms. The van der Waals surface area contributed by atoms with E-state index in [2.05, 4.69) is 5.32 Å². The van der Waals surface area contributed by atoms with Crippen molar-refractivity contribution in [3.8, 4) is 5.75 Å². The summed E-state index contributed by atoms with van der Waals surface area (Å²) < 4.78 is 5.73. The summed E-state index contributed by atoms with van der Waals surface area (Å²) in [4.78, 5) is 41.5. The molecule has 162 valence electrons. The monoisotopic (exact) mass is 421 g/mol. The number of hydrogen-bond acceptors (Lipinski definition) is 4. The zero-order valence-electron chi connectivity index (χ0n) is 17.9. The summed E-state index contributed by atoms with van der Waals surface area (Å²) in [5.74, 6) is -0.0544. The lowest BCUT2D eigenvalue weighted by Crippen LogP contribution is -2.50. The Balaban J connectivity index is 1.56. The Labute approximate surface area is 182 Å². The van der Waals surface area contributed by atoms with Crippen LogP contribution in [0.4, 0.5) is 11.4 Å². The number of aryl methyl sites for hydroxylation is 1. The molecule has 2 aromatic rings. The topological polar surface area (TPSA) is 79.0 Å². The van der Waals surface area contributed by atoms with Crippen LogP contribution in [-0.2, 0) is 9.59 Å². The quantitative estimate of drug-likeness (QED) is 0.821. The lowest BCUT2D eigenvalue weighted by Gasteiger charge is -2.35.